The molecule has 4 heterocycles. The third kappa shape index (κ3) is 3.33. The quantitative estimate of drug-likeness (QED) is 0.664. The normalized spacial score (nSPS) is 40.1. The Hall–Kier alpha value is 0.0800. The van der Waals surface area contributed by atoms with Crippen LogP contribution in [0, 0.1) is 5.92 Å². The zero-order chi connectivity index (χ0) is 18.6. The SMILES string of the molecule is CC(C)C1=N[C@@](C)(C2=N[C@](C)(C3=N[C@](C)(C4=NCCS4)CS3)CS2)CS1. The van der Waals surface area contributed by atoms with Crippen LogP contribution in [0.25, 0.3) is 0 Å². The van der Waals surface area contributed by atoms with Crippen molar-refractivity contribution in [3.63, 3.8) is 0 Å². The van der Waals surface area contributed by atoms with Crippen LogP contribution in [-0.2, 0) is 0 Å². The van der Waals surface area contributed by atoms with Gasteiger partial charge in [0, 0.05) is 35.5 Å². The number of aliphatic imine (C=N–C) groups is 4. The molecule has 4 aliphatic heterocycles. The van der Waals surface area contributed by atoms with E-state index in [4.69, 9.17) is 15.0 Å². The minimum absolute atomic E-state index is 0.150. The van der Waals surface area contributed by atoms with Gasteiger partial charge in [-0.25, -0.2) is 0 Å². The summed E-state index contributed by atoms with van der Waals surface area (Å²) in [7, 11) is 0. The van der Waals surface area contributed by atoms with E-state index < -0.39 is 0 Å². The minimum atomic E-state index is -0.212. The Morgan fingerprint density at radius 1 is 0.731 bits per heavy atom. The fraction of sp³-hybridized carbons (Fsp3) is 0.778. The zero-order valence-electron chi connectivity index (χ0n) is 16.0. The number of thioether (sulfide) groups is 4. The predicted molar refractivity (Wildman–Crippen MR) is 124 cm³/mol. The molecule has 4 nitrogen and oxygen atoms in total. The molecule has 4 aliphatic rings. The van der Waals surface area contributed by atoms with Crippen LogP contribution in [-0.4, -0.2) is 66.3 Å². The fourth-order valence-corrected chi connectivity index (χ4v) is 8.47. The van der Waals surface area contributed by atoms with Gasteiger partial charge in [0.25, 0.3) is 0 Å². The molecule has 0 aromatic heterocycles. The molecular formula is C18H26N4S4. The van der Waals surface area contributed by atoms with Crippen LogP contribution < -0.4 is 0 Å². The molecule has 0 unspecified atom stereocenters. The first kappa shape index (κ1) is 19.4. The number of hydrogen-bond donors (Lipinski definition) is 0. The van der Waals surface area contributed by atoms with Crippen LogP contribution in [0.2, 0.25) is 0 Å². The lowest BCUT2D eigenvalue weighted by molar-refractivity contribution is 0.681. The summed E-state index contributed by atoms with van der Waals surface area (Å²) in [5.41, 5.74) is -0.523. The molecule has 0 saturated carbocycles. The molecule has 8 heteroatoms. The van der Waals surface area contributed by atoms with Crippen molar-refractivity contribution >= 4 is 67.2 Å². The molecule has 0 N–H and O–H groups in total. The standard InChI is InChI=1S/C18H26N4S4/c1-11(2)12-20-17(4,8-24-12)14-22-18(5,10-26-14)15-21-16(3,9-25-15)13-19-6-7-23-13/h11H,6-10H2,1-5H3/t16-,17+,18-/m0/s1. The summed E-state index contributed by atoms with van der Waals surface area (Å²) in [4.78, 5) is 20.1. The Balaban J connectivity index is 1.59. The second kappa shape index (κ2) is 6.85. The fourth-order valence-electron chi connectivity index (χ4n) is 3.35. The Bertz CT molecular complexity index is 743. The summed E-state index contributed by atoms with van der Waals surface area (Å²) in [6.45, 7) is 12.1. The summed E-state index contributed by atoms with van der Waals surface area (Å²) < 4.78 is 0. The van der Waals surface area contributed by atoms with E-state index in [0.29, 0.717) is 5.92 Å². The van der Waals surface area contributed by atoms with Gasteiger partial charge in [-0.15, -0.1) is 47.0 Å². The second-order valence-electron chi connectivity index (χ2n) is 8.16. The van der Waals surface area contributed by atoms with Crippen molar-refractivity contribution in [2.45, 2.75) is 51.2 Å². The number of nitrogens with zero attached hydrogens (tertiary/aromatic N) is 4. The highest BCUT2D eigenvalue weighted by Crippen LogP contribution is 2.45. The van der Waals surface area contributed by atoms with E-state index in [9.17, 15) is 0 Å². The lowest BCUT2D eigenvalue weighted by Gasteiger charge is -2.21. The average molecular weight is 427 g/mol. The lowest BCUT2D eigenvalue weighted by Crippen LogP contribution is -2.34. The van der Waals surface area contributed by atoms with Gasteiger partial charge < -0.3 is 0 Å². The lowest BCUT2D eigenvalue weighted by atomic mass is 10.0. The third-order valence-electron chi connectivity index (χ3n) is 5.00. The van der Waals surface area contributed by atoms with Crippen LogP contribution >= 0.6 is 47.0 Å². The predicted octanol–water partition coefficient (Wildman–Crippen LogP) is 4.50. The molecule has 26 heavy (non-hydrogen) atoms. The van der Waals surface area contributed by atoms with Gasteiger partial charge in [0.15, 0.2) is 0 Å². The van der Waals surface area contributed by atoms with E-state index in [0.717, 1.165) is 29.6 Å². The highest BCUT2D eigenvalue weighted by Gasteiger charge is 2.48. The van der Waals surface area contributed by atoms with Crippen LogP contribution in [0.15, 0.2) is 20.0 Å². The molecule has 0 amide bonds. The summed E-state index contributed by atoms with van der Waals surface area (Å²) in [6, 6.07) is 0. The number of hydrogen-bond acceptors (Lipinski definition) is 8. The van der Waals surface area contributed by atoms with Crippen molar-refractivity contribution < 1.29 is 0 Å². The van der Waals surface area contributed by atoms with Crippen molar-refractivity contribution in [1.29, 1.82) is 0 Å². The van der Waals surface area contributed by atoms with E-state index in [1.54, 1.807) is 0 Å². The Kier molecular flexibility index (Phi) is 5.11. The maximum Gasteiger partial charge on any atom is 0.116 e. The van der Waals surface area contributed by atoms with Crippen LogP contribution in [0.1, 0.15) is 34.6 Å². The van der Waals surface area contributed by atoms with E-state index in [-0.39, 0.29) is 16.6 Å². The molecule has 142 valence electrons. The molecule has 0 aromatic carbocycles. The first-order valence-electron chi connectivity index (χ1n) is 9.11. The molecule has 4 rings (SSSR count). The van der Waals surface area contributed by atoms with Gasteiger partial charge >= 0.3 is 0 Å². The van der Waals surface area contributed by atoms with Gasteiger partial charge in [0.05, 0.1) is 20.2 Å². The number of rotatable bonds is 4. The highest BCUT2D eigenvalue weighted by atomic mass is 32.2. The molecule has 0 saturated heterocycles. The molecule has 0 aromatic rings. The molecule has 3 atom stereocenters. The Labute approximate surface area is 173 Å². The van der Waals surface area contributed by atoms with Crippen molar-refractivity contribution in [2.75, 3.05) is 29.6 Å². The van der Waals surface area contributed by atoms with Crippen molar-refractivity contribution in [1.82, 2.24) is 0 Å². The minimum Gasteiger partial charge on any atom is -0.279 e. The molecular weight excluding hydrogens is 400 g/mol. The molecule has 0 spiro atoms. The van der Waals surface area contributed by atoms with Gasteiger partial charge in [0.1, 0.15) is 16.6 Å². The Morgan fingerprint density at radius 2 is 1.27 bits per heavy atom. The molecule has 0 radical (unpaired) electrons. The zero-order valence-corrected chi connectivity index (χ0v) is 19.3. The van der Waals surface area contributed by atoms with Crippen LogP contribution in [0.4, 0.5) is 0 Å². The maximum atomic E-state index is 5.20. The van der Waals surface area contributed by atoms with Crippen LogP contribution in [0.5, 0.6) is 0 Å². The molecule has 0 bridgehead atoms. The van der Waals surface area contributed by atoms with Gasteiger partial charge in [-0.1, -0.05) is 13.8 Å². The maximum absolute atomic E-state index is 5.20. The van der Waals surface area contributed by atoms with E-state index in [2.05, 4.69) is 39.6 Å². The summed E-state index contributed by atoms with van der Waals surface area (Å²) in [5.74, 6) is 4.56. The van der Waals surface area contributed by atoms with Crippen molar-refractivity contribution in [3.8, 4) is 0 Å². The topological polar surface area (TPSA) is 49.4 Å². The molecule has 0 fully saturated rings. The summed E-state index contributed by atoms with van der Waals surface area (Å²) in [5, 5.41) is 4.84. The van der Waals surface area contributed by atoms with Crippen molar-refractivity contribution in [2.24, 2.45) is 25.9 Å². The van der Waals surface area contributed by atoms with Gasteiger partial charge in [-0.2, -0.15) is 0 Å². The van der Waals surface area contributed by atoms with Crippen LogP contribution in [0.3, 0.4) is 0 Å². The Morgan fingerprint density at radius 3 is 1.77 bits per heavy atom. The largest absolute Gasteiger partial charge is 0.279 e. The third-order valence-corrected chi connectivity index (χ3v) is 10.8. The monoisotopic (exact) mass is 426 g/mol. The second-order valence-corrected chi connectivity index (χ2v) is 12.2. The van der Waals surface area contributed by atoms with Gasteiger partial charge in [-0.3, -0.25) is 20.0 Å². The van der Waals surface area contributed by atoms with Crippen molar-refractivity contribution in [3.05, 3.63) is 0 Å². The first-order valence-corrected chi connectivity index (χ1v) is 13.0. The highest BCUT2D eigenvalue weighted by molar-refractivity contribution is 8.17. The summed E-state index contributed by atoms with van der Waals surface area (Å²) in [6.07, 6.45) is 0. The van der Waals surface area contributed by atoms with Gasteiger partial charge in [-0.05, 0) is 20.8 Å². The summed E-state index contributed by atoms with van der Waals surface area (Å²) >= 11 is 7.52. The van der Waals surface area contributed by atoms with Gasteiger partial charge in [0.2, 0.25) is 0 Å². The molecule has 0 aliphatic carbocycles. The van der Waals surface area contributed by atoms with E-state index >= 15 is 0 Å². The smallest absolute Gasteiger partial charge is 0.116 e. The van der Waals surface area contributed by atoms with E-state index in [1.165, 1.54) is 20.2 Å². The first-order chi connectivity index (χ1) is 12.2. The van der Waals surface area contributed by atoms with E-state index in [1.807, 2.05) is 47.0 Å². The average Bonchev–Trinajstić information content (AvgIpc) is 3.33.